The molecule has 4 heteroatoms. The van der Waals surface area contributed by atoms with Crippen LogP contribution in [0.3, 0.4) is 0 Å². The quantitative estimate of drug-likeness (QED) is 0.888. The van der Waals surface area contributed by atoms with Gasteiger partial charge in [0.1, 0.15) is 11.5 Å². The summed E-state index contributed by atoms with van der Waals surface area (Å²) in [5.41, 5.74) is 1.26. The van der Waals surface area contributed by atoms with Crippen LogP contribution in [0.5, 0.6) is 11.5 Å². The first-order chi connectivity index (χ1) is 8.55. The van der Waals surface area contributed by atoms with Crippen molar-refractivity contribution < 1.29 is 9.47 Å². The van der Waals surface area contributed by atoms with Gasteiger partial charge < -0.3 is 19.7 Å². The van der Waals surface area contributed by atoms with E-state index in [0.29, 0.717) is 0 Å². The lowest BCUT2D eigenvalue weighted by molar-refractivity contribution is 0.348. The monoisotopic (exact) mass is 250 g/mol. The molecule has 0 aliphatic carbocycles. The summed E-state index contributed by atoms with van der Waals surface area (Å²) in [7, 11) is 3.37. The van der Waals surface area contributed by atoms with Gasteiger partial charge in [0.2, 0.25) is 0 Å². The Bertz CT molecular complexity index is 418. The maximum absolute atomic E-state index is 5.47. The van der Waals surface area contributed by atoms with Gasteiger partial charge in [-0.05, 0) is 26.0 Å². The van der Waals surface area contributed by atoms with Crippen molar-refractivity contribution in [3.63, 3.8) is 0 Å². The van der Waals surface area contributed by atoms with Gasteiger partial charge in [-0.1, -0.05) is 0 Å². The van der Waals surface area contributed by atoms with Gasteiger partial charge in [-0.2, -0.15) is 0 Å². The van der Waals surface area contributed by atoms with Crippen molar-refractivity contribution in [1.82, 2.24) is 5.32 Å². The first-order valence-corrected chi connectivity index (χ1v) is 6.28. The normalized spacial score (nSPS) is 18.6. The highest BCUT2D eigenvalue weighted by atomic mass is 16.5. The van der Waals surface area contributed by atoms with Crippen molar-refractivity contribution in [2.45, 2.75) is 19.4 Å². The van der Waals surface area contributed by atoms with Crippen LogP contribution in [0.4, 0.5) is 5.69 Å². The summed E-state index contributed by atoms with van der Waals surface area (Å²) in [4.78, 5) is 2.36. The van der Waals surface area contributed by atoms with Crippen LogP contribution < -0.4 is 19.7 Å². The van der Waals surface area contributed by atoms with Crippen molar-refractivity contribution in [3.05, 3.63) is 18.2 Å². The second kappa shape index (κ2) is 5.06. The van der Waals surface area contributed by atoms with E-state index in [1.54, 1.807) is 14.2 Å². The fourth-order valence-electron chi connectivity index (χ4n) is 2.39. The van der Waals surface area contributed by atoms with Gasteiger partial charge in [0, 0.05) is 31.2 Å². The average molecular weight is 250 g/mol. The number of nitrogens with one attached hydrogen (secondary N) is 1. The molecule has 0 unspecified atom stereocenters. The zero-order chi connectivity index (χ0) is 13.2. The Morgan fingerprint density at radius 3 is 2.61 bits per heavy atom. The van der Waals surface area contributed by atoms with E-state index in [0.717, 1.165) is 36.8 Å². The molecule has 1 heterocycles. The highest BCUT2D eigenvalue weighted by Gasteiger charge is 2.27. The highest BCUT2D eigenvalue weighted by molar-refractivity contribution is 5.61. The zero-order valence-corrected chi connectivity index (χ0v) is 11.6. The van der Waals surface area contributed by atoms with Gasteiger partial charge in [0.15, 0.2) is 0 Å². The predicted molar refractivity (Wildman–Crippen MR) is 73.8 cm³/mol. The number of anilines is 1. The van der Waals surface area contributed by atoms with Crippen molar-refractivity contribution in [2.75, 3.05) is 38.8 Å². The number of piperazine rings is 1. The van der Waals surface area contributed by atoms with Gasteiger partial charge in [-0.15, -0.1) is 0 Å². The summed E-state index contributed by atoms with van der Waals surface area (Å²) in [6.45, 7) is 7.38. The Balaban J connectivity index is 2.27. The third kappa shape index (κ3) is 2.70. The fraction of sp³-hybridized carbons (Fsp3) is 0.571. The van der Waals surface area contributed by atoms with Gasteiger partial charge in [0.05, 0.1) is 19.9 Å². The van der Waals surface area contributed by atoms with Crippen LogP contribution in [0.15, 0.2) is 18.2 Å². The van der Waals surface area contributed by atoms with E-state index in [-0.39, 0.29) is 5.54 Å². The fourth-order valence-corrected chi connectivity index (χ4v) is 2.39. The summed E-state index contributed by atoms with van der Waals surface area (Å²) in [5, 5.41) is 3.51. The molecular formula is C14H22N2O2. The van der Waals surface area contributed by atoms with Crippen LogP contribution >= 0.6 is 0 Å². The Labute approximate surface area is 109 Å². The molecule has 0 aromatic heterocycles. The SMILES string of the molecule is COc1ccc(N2CCNC(C)(C)C2)c(OC)c1. The number of hydrogen-bond donors (Lipinski definition) is 1. The minimum absolute atomic E-state index is 0.128. The molecule has 1 aliphatic heterocycles. The maximum Gasteiger partial charge on any atom is 0.145 e. The molecule has 1 aromatic carbocycles. The largest absolute Gasteiger partial charge is 0.497 e. The highest BCUT2D eigenvalue weighted by Crippen LogP contribution is 2.33. The molecule has 1 N–H and O–H groups in total. The summed E-state index contributed by atoms with van der Waals surface area (Å²) < 4.78 is 10.7. The molecule has 0 amide bonds. The van der Waals surface area contributed by atoms with Crippen LogP contribution in [0.25, 0.3) is 0 Å². The number of nitrogens with zero attached hydrogens (tertiary/aromatic N) is 1. The van der Waals surface area contributed by atoms with Crippen molar-refractivity contribution in [3.8, 4) is 11.5 Å². The van der Waals surface area contributed by atoms with Crippen LogP contribution in [0.2, 0.25) is 0 Å². The first-order valence-electron chi connectivity index (χ1n) is 6.28. The molecule has 0 spiro atoms. The van der Waals surface area contributed by atoms with Crippen molar-refractivity contribution in [2.24, 2.45) is 0 Å². The minimum Gasteiger partial charge on any atom is -0.497 e. The molecule has 100 valence electrons. The van der Waals surface area contributed by atoms with E-state index >= 15 is 0 Å². The van der Waals surface area contributed by atoms with Gasteiger partial charge in [-0.25, -0.2) is 0 Å². The number of methoxy groups -OCH3 is 2. The summed E-state index contributed by atoms with van der Waals surface area (Å²) >= 11 is 0. The second-order valence-electron chi connectivity index (χ2n) is 5.27. The van der Waals surface area contributed by atoms with Crippen LogP contribution in [-0.2, 0) is 0 Å². The molecule has 0 radical (unpaired) electrons. The molecule has 0 bridgehead atoms. The second-order valence-corrected chi connectivity index (χ2v) is 5.27. The predicted octanol–water partition coefficient (Wildman–Crippen LogP) is 1.89. The molecular weight excluding hydrogens is 228 g/mol. The van der Waals surface area contributed by atoms with E-state index in [9.17, 15) is 0 Å². The Hall–Kier alpha value is -1.42. The van der Waals surface area contributed by atoms with Crippen LogP contribution in [0.1, 0.15) is 13.8 Å². The Kier molecular flexibility index (Phi) is 3.66. The van der Waals surface area contributed by atoms with E-state index in [4.69, 9.17) is 9.47 Å². The molecule has 0 atom stereocenters. The van der Waals surface area contributed by atoms with Crippen molar-refractivity contribution in [1.29, 1.82) is 0 Å². The molecule has 4 nitrogen and oxygen atoms in total. The Morgan fingerprint density at radius 2 is 2.00 bits per heavy atom. The van der Waals surface area contributed by atoms with Crippen LogP contribution in [0, 0.1) is 0 Å². The third-order valence-electron chi connectivity index (χ3n) is 3.30. The molecule has 1 saturated heterocycles. The van der Waals surface area contributed by atoms with Gasteiger partial charge in [0.25, 0.3) is 0 Å². The number of ether oxygens (including phenoxy) is 2. The Morgan fingerprint density at radius 1 is 1.22 bits per heavy atom. The molecule has 0 saturated carbocycles. The van der Waals surface area contributed by atoms with E-state index in [1.807, 2.05) is 12.1 Å². The third-order valence-corrected chi connectivity index (χ3v) is 3.30. The smallest absolute Gasteiger partial charge is 0.145 e. The van der Waals surface area contributed by atoms with Gasteiger partial charge in [-0.3, -0.25) is 0 Å². The number of benzene rings is 1. The lowest BCUT2D eigenvalue weighted by Gasteiger charge is -2.40. The summed E-state index contributed by atoms with van der Waals surface area (Å²) in [6.07, 6.45) is 0. The maximum atomic E-state index is 5.47. The molecule has 2 rings (SSSR count). The molecule has 1 aromatic rings. The molecule has 18 heavy (non-hydrogen) atoms. The topological polar surface area (TPSA) is 33.7 Å². The lowest BCUT2D eigenvalue weighted by atomic mass is 10.0. The standard InChI is InChI=1S/C14H22N2O2/c1-14(2)10-16(8-7-15-14)12-6-5-11(17-3)9-13(12)18-4/h5-6,9,15H,7-8,10H2,1-4H3. The lowest BCUT2D eigenvalue weighted by Crippen LogP contribution is -2.57. The van der Waals surface area contributed by atoms with Gasteiger partial charge >= 0.3 is 0 Å². The summed E-state index contributed by atoms with van der Waals surface area (Å²) in [5.74, 6) is 1.69. The summed E-state index contributed by atoms with van der Waals surface area (Å²) in [6, 6.07) is 5.98. The minimum atomic E-state index is 0.128. The van der Waals surface area contributed by atoms with E-state index in [1.165, 1.54) is 0 Å². The number of rotatable bonds is 3. The zero-order valence-electron chi connectivity index (χ0n) is 11.6. The molecule has 1 fully saturated rings. The number of hydrogen-bond acceptors (Lipinski definition) is 4. The first kappa shape index (κ1) is 13.0. The van der Waals surface area contributed by atoms with E-state index in [2.05, 4.69) is 30.1 Å². The van der Waals surface area contributed by atoms with E-state index < -0.39 is 0 Å². The average Bonchev–Trinajstić information content (AvgIpc) is 2.36. The molecule has 1 aliphatic rings. The van der Waals surface area contributed by atoms with Crippen LogP contribution in [-0.4, -0.2) is 39.4 Å². The van der Waals surface area contributed by atoms with Crippen molar-refractivity contribution >= 4 is 5.69 Å².